The molecule has 1 rings (SSSR count). The van der Waals surface area contributed by atoms with Gasteiger partial charge in [-0.1, -0.05) is 17.7 Å². The summed E-state index contributed by atoms with van der Waals surface area (Å²) >= 11 is 0. The maximum Gasteiger partial charge on any atom is 0.127 e. The summed E-state index contributed by atoms with van der Waals surface area (Å²) in [5.41, 5.74) is 12.7. The molecule has 0 aliphatic heterocycles. The number of halogens is 2. The van der Waals surface area contributed by atoms with E-state index < -0.39 is 0 Å². The van der Waals surface area contributed by atoms with Gasteiger partial charge in [0, 0.05) is 11.6 Å². The number of benzene rings is 1. The van der Waals surface area contributed by atoms with Crippen LogP contribution in [-0.4, -0.2) is 6.54 Å². The third-order valence-electron chi connectivity index (χ3n) is 2.03. The van der Waals surface area contributed by atoms with E-state index in [4.69, 9.17) is 11.5 Å². The zero-order valence-electron chi connectivity index (χ0n) is 8.16. The summed E-state index contributed by atoms with van der Waals surface area (Å²) in [5.74, 6) is -0.244. The Bertz CT molecular complexity index is 291. The highest BCUT2D eigenvalue weighted by Crippen LogP contribution is 2.18. The molecule has 0 saturated carbocycles. The van der Waals surface area contributed by atoms with Crippen molar-refractivity contribution in [2.75, 3.05) is 6.54 Å². The van der Waals surface area contributed by atoms with Crippen molar-refractivity contribution < 1.29 is 4.39 Å². The fourth-order valence-electron chi connectivity index (χ4n) is 1.28. The van der Waals surface area contributed by atoms with Crippen LogP contribution in [0.2, 0.25) is 0 Å². The van der Waals surface area contributed by atoms with Crippen LogP contribution in [-0.2, 0) is 0 Å². The molecule has 1 aromatic rings. The van der Waals surface area contributed by atoms with Crippen LogP contribution in [0.5, 0.6) is 0 Å². The highest BCUT2D eigenvalue weighted by atomic mass is 35.5. The predicted octanol–water partition coefficient (Wildman–Crippen LogP) is 1.90. The first-order valence-electron chi connectivity index (χ1n) is 4.37. The van der Waals surface area contributed by atoms with Gasteiger partial charge in [0.1, 0.15) is 5.82 Å². The lowest BCUT2D eigenvalue weighted by Crippen LogP contribution is -2.16. The molecule has 0 saturated heterocycles. The predicted molar refractivity (Wildman–Crippen MR) is 59.0 cm³/mol. The number of hydrogen-bond acceptors (Lipinski definition) is 2. The van der Waals surface area contributed by atoms with Crippen LogP contribution in [0.1, 0.15) is 23.6 Å². The van der Waals surface area contributed by atoms with Gasteiger partial charge < -0.3 is 11.5 Å². The van der Waals surface area contributed by atoms with Crippen molar-refractivity contribution in [3.8, 4) is 0 Å². The summed E-state index contributed by atoms with van der Waals surface area (Å²) < 4.78 is 13.2. The van der Waals surface area contributed by atoms with Gasteiger partial charge in [-0.25, -0.2) is 4.39 Å². The van der Waals surface area contributed by atoms with Crippen LogP contribution in [0.25, 0.3) is 0 Å². The second-order valence-corrected chi connectivity index (χ2v) is 3.21. The van der Waals surface area contributed by atoms with Crippen molar-refractivity contribution in [3.63, 3.8) is 0 Å². The molecular weight excluding hydrogens is 203 g/mol. The zero-order valence-corrected chi connectivity index (χ0v) is 8.98. The Kier molecular flexibility index (Phi) is 5.69. The maximum absolute atomic E-state index is 13.2. The molecule has 0 heterocycles. The maximum atomic E-state index is 13.2. The van der Waals surface area contributed by atoms with E-state index in [2.05, 4.69) is 0 Å². The molecule has 0 amide bonds. The Morgan fingerprint density at radius 2 is 2.07 bits per heavy atom. The van der Waals surface area contributed by atoms with Gasteiger partial charge in [-0.2, -0.15) is 0 Å². The minimum Gasteiger partial charge on any atom is -0.330 e. The number of hydrogen-bond donors (Lipinski definition) is 2. The first kappa shape index (κ1) is 13.4. The molecule has 0 unspecified atom stereocenters. The third-order valence-corrected chi connectivity index (χ3v) is 2.03. The first-order valence-corrected chi connectivity index (χ1v) is 4.37. The van der Waals surface area contributed by atoms with Gasteiger partial charge in [0.15, 0.2) is 0 Å². The van der Waals surface area contributed by atoms with E-state index in [1.165, 1.54) is 6.07 Å². The fourth-order valence-corrected chi connectivity index (χ4v) is 1.28. The molecule has 0 bridgehead atoms. The summed E-state index contributed by atoms with van der Waals surface area (Å²) in [4.78, 5) is 0. The molecule has 0 aliphatic rings. The average Bonchev–Trinajstić information content (AvgIpc) is 2.09. The summed E-state index contributed by atoms with van der Waals surface area (Å²) in [6.45, 7) is 2.40. The molecule has 0 aromatic heterocycles. The highest BCUT2D eigenvalue weighted by Gasteiger charge is 2.10. The lowest BCUT2D eigenvalue weighted by molar-refractivity contribution is 0.566. The summed E-state index contributed by atoms with van der Waals surface area (Å²) in [5, 5.41) is 0. The van der Waals surface area contributed by atoms with E-state index in [1.54, 1.807) is 12.1 Å². The van der Waals surface area contributed by atoms with Gasteiger partial charge >= 0.3 is 0 Å². The molecule has 0 spiro atoms. The van der Waals surface area contributed by atoms with Gasteiger partial charge in [-0.15, -0.1) is 12.4 Å². The summed E-state index contributed by atoms with van der Waals surface area (Å²) in [6, 6.07) is 4.66. The summed E-state index contributed by atoms with van der Waals surface area (Å²) in [7, 11) is 0. The van der Waals surface area contributed by atoms with E-state index in [1.807, 2.05) is 6.92 Å². The molecule has 14 heavy (non-hydrogen) atoms. The van der Waals surface area contributed by atoms with Crippen LogP contribution in [0.4, 0.5) is 4.39 Å². The van der Waals surface area contributed by atoms with Crippen molar-refractivity contribution in [3.05, 3.63) is 35.1 Å². The molecule has 1 aromatic carbocycles. The summed E-state index contributed by atoms with van der Waals surface area (Å²) in [6.07, 6.45) is 0.611. The number of aryl methyl sites for hydroxylation is 1. The Hall–Kier alpha value is -0.640. The number of nitrogens with two attached hydrogens (primary N) is 2. The molecule has 0 fully saturated rings. The molecular formula is C10H16ClFN2. The van der Waals surface area contributed by atoms with Crippen LogP contribution < -0.4 is 11.5 Å². The minimum atomic E-state index is -0.287. The lowest BCUT2D eigenvalue weighted by atomic mass is 10.0. The van der Waals surface area contributed by atoms with Gasteiger partial charge in [0.2, 0.25) is 0 Å². The van der Waals surface area contributed by atoms with E-state index >= 15 is 0 Å². The van der Waals surface area contributed by atoms with Gasteiger partial charge in [-0.05, 0) is 26.0 Å². The smallest absolute Gasteiger partial charge is 0.127 e. The minimum absolute atomic E-state index is 0. The van der Waals surface area contributed by atoms with E-state index in [0.29, 0.717) is 18.5 Å². The SMILES string of the molecule is Cc1ccc(F)c([C@@H](N)CCN)c1.Cl. The molecule has 2 nitrogen and oxygen atoms in total. The van der Waals surface area contributed by atoms with E-state index in [9.17, 15) is 4.39 Å². The molecule has 0 radical (unpaired) electrons. The Balaban J connectivity index is 0.00000169. The van der Waals surface area contributed by atoms with Gasteiger partial charge in [0.25, 0.3) is 0 Å². The Morgan fingerprint density at radius 1 is 1.43 bits per heavy atom. The first-order chi connectivity index (χ1) is 6.15. The van der Waals surface area contributed by atoms with Crippen LogP contribution in [0, 0.1) is 12.7 Å². The molecule has 80 valence electrons. The average molecular weight is 219 g/mol. The highest BCUT2D eigenvalue weighted by molar-refractivity contribution is 5.85. The largest absolute Gasteiger partial charge is 0.330 e. The quantitative estimate of drug-likeness (QED) is 0.814. The van der Waals surface area contributed by atoms with E-state index in [0.717, 1.165) is 5.56 Å². The van der Waals surface area contributed by atoms with E-state index in [-0.39, 0.29) is 24.3 Å². The topological polar surface area (TPSA) is 52.0 Å². The molecule has 4 N–H and O–H groups in total. The van der Waals surface area contributed by atoms with Crippen LogP contribution in [0.15, 0.2) is 18.2 Å². The monoisotopic (exact) mass is 218 g/mol. The van der Waals surface area contributed by atoms with Crippen molar-refractivity contribution >= 4 is 12.4 Å². The Labute approximate surface area is 89.9 Å². The van der Waals surface area contributed by atoms with Crippen LogP contribution >= 0.6 is 12.4 Å². The fraction of sp³-hybridized carbons (Fsp3) is 0.400. The Morgan fingerprint density at radius 3 is 2.64 bits per heavy atom. The normalized spacial score (nSPS) is 12.0. The van der Waals surface area contributed by atoms with Crippen molar-refractivity contribution in [2.24, 2.45) is 11.5 Å². The van der Waals surface area contributed by atoms with Crippen LogP contribution in [0.3, 0.4) is 0 Å². The second-order valence-electron chi connectivity index (χ2n) is 3.21. The molecule has 0 aliphatic carbocycles. The van der Waals surface area contributed by atoms with Crippen molar-refractivity contribution in [2.45, 2.75) is 19.4 Å². The van der Waals surface area contributed by atoms with Gasteiger partial charge in [0.05, 0.1) is 0 Å². The van der Waals surface area contributed by atoms with Crippen molar-refractivity contribution in [1.82, 2.24) is 0 Å². The van der Waals surface area contributed by atoms with Crippen molar-refractivity contribution in [1.29, 1.82) is 0 Å². The van der Waals surface area contributed by atoms with Gasteiger partial charge in [-0.3, -0.25) is 0 Å². The number of rotatable bonds is 3. The molecule has 1 atom stereocenters. The zero-order chi connectivity index (χ0) is 9.84. The lowest BCUT2D eigenvalue weighted by Gasteiger charge is -2.12. The third kappa shape index (κ3) is 3.25. The standard InChI is InChI=1S/C10H15FN2.ClH/c1-7-2-3-9(11)8(6-7)10(13)4-5-12;/h2-3,6,10H,4-5,12-13H2,1H3;1H/t10-;/m0./s1. The molecule has 4 heteroatoms. The second kappa shape index (κ2) is 5.96.